The van der Waals surface area contributed by atoms with Gasteiger partial charge in [-0.1, -0.05) is 18.5 Å². The Labute approximate surface area is 104 Å². The normalized spacial score (nSPS) is 10.2. The summed E-state index contributed by atoms with van der Waals surface area (Å²) in [5.41, 5.74) is 1.79. The number of rotatable bonds is 2. The zero-order chi connectivity index (χ0) is 12.4. The van der Waals surface area contributed by atoms with Crippen LogP contribution in [0, 0.1) is 18.3 Å². The van der Waals surface area contributed by atoms with Gasteiger partial charge in [0.1, 0.15) is 17.0 Å². The zero-order valence-corrected chi connectivity index (χ0v) is 10.2. The second-order valence-corrected chi connectivity index (χ2v) is 3.92. The second-order valence-electron chi connectivity index (χ2n) is 3.56. The molecular weight excluding hydrogens is 238 g/mol. The molecule has 2 heterocycles. The lowest BCUT2D eigenvalue weighted by Gasteiger charge is -2.04. The average Bonchev–Trinajstić information content (AvgIpc) is 2.78. The number of aromatic nitrogens is 2. The summed E-state index contributed by atoms with van der Waals surface area (Å²) in [6, 6.07) is 2.03. The number of halogens is 1. The Hall–Kier alpha value is -1.86. The van der Waals surface area contributed by atoms with Crippen LogP contribution in [0.5, 0.6) is 0 Å². The van der Waals surface area contributed by atoms with Crippen LogP contribution < -0.4 is 0 Å². The van der Waals surface area contributed by atoms with Crippen molar-refractivity contribution in [3.63, 3.8) is 0 Å². The van der Waals surface area contributed by atoms with Crippen LogP contribution in [0.1, 0.15) is 23.8 Å². The van der Waals surface area contributed by atoms with Gasteiger partial charge in [-0.15, -0.1) is 0 Å². The molecule has 0 aromatic carbocycles. The molecule has 2 rings (SSSR count). The van der Waals surface area contributed by atoms with Gasteiger partial charge in [0, 0.05) is 12.6 Å². The molecule has 0 N–H and O–H groups in total. The quantitative estimate of drug-likeness (QED) is 0.765. The van der Waals surface area contributed by atoms with Gasteiger partial charge in [-0.05, 0) is 12.5 Å². The highest BCUT2D eigenvalue weighted by Crippen LogP contribution is 2.27. The van der Waals surface area contributed by atoms with Crippen molar-refractivity contribution < 1.29 is 4.42 Å². The van der Waals surface area contributed by atoms with Crippen molar-refractivity contribution in [2.75, 3.05) is 0 Å². The Morgan fingerprint density at radius 2 is 2.18 bits per heavy atom. The standard InChI is InChI=1S/C12H10ClN3O/c1-3-8-5-16-12(17-8)10-6-15-11(13)9(4-14)7(10)2/h5-6H,3H2,1-2H3. The zero-order valence-electron chi connectivity index (χ0n) is 9.49. The van der Waals surface area contributed by atoms with Crippen molar-refractivity contribution in [3.05, 3.63) is 34.4 Å². The Bertz CT molecular complexity index is 598. The lowest BCUT2D eigenvalue weighted by molar-refractivity contribution is 0.524. The van der Waals surface area contributed by atoms with E-state index < -0.39 is 0 Å². The smallest absolute Gasteiger partial charge is 0.228 e. The molecule has 0 bridgehead atoms. The summed E-state index contributed by atoms with van der Waals surface area (Å²) in [7, 11) is 0. The first-order chi connectivity index (χ1) is 8.17. The lowest BCUT2D eigenvalue weighted by atomic mass is 10.1. The summed E-state index contributed by atoms with van der Waals surface area (Å²) in [5, 5.41) is 9.20. The van der Waals surface area contributed by atoms with Crippen LogP contribution in [0.2, 0.25) is 5.15 Å². The SMILES string of the molecule is CCc1cnc(-c2cnc(Cl)c(C#N)c2C)o1. The monoisotopic (exact) mass is 247 g/mol. The summed E-state index contributed by atoms with van der Waals surface area (Å²) < 4.78 is 5.54. The number of oxazole rings is 1. The lowest BCUT2D eigenvalue weighted by Crippen LogP contribution is -1.92. The van der Waals surface area contributed by atoms with Crippen LogP contribution in [0.25, 0.3) is 11.5 Å². The number of hydrogen-bond donors (Lipinski definition) is 0. The summed E-state index contributed by atoms with van der Waals surface area (Å²) in [6.45, 7) is 3.79. The first-order valence-electron chi connectivity index (χ1n) is 5.17. The Morgan fingerprint density at radius 1 is 1.41 bits per heavy atom. The van der Waals surface area contributed by atoms with E-state index in [1.54, 1.807) is 19.3 Å². The van der Waals surface area contributed by atoms with Crippen molar-refractivity contribution in [1.29, 1.82) is 5.26 Å². The van der Waals surface area contributed by atoms with Crippen LogP contribution in [-0.4, -0.2) is 9.97 Å². The van der Waals surface area contributed by atoms with Crippen molar-refractivity contribution in [2.24, 2.45) is 0 Å². The van der Waals surface area contributed by atoms with E-state index in [-0.39, 0.29) is 5.15 Å². The van der Waals surface area contributed by atoms with E-state index in [4.69, 9.17) is 21.3 Å². The summed E-state index contributed by atoms with van der Waals surface area (Å²) in [4.78, 5) is 8.13. The van der Waals surface area contributed by atoms with Gasteiger partial charge in [0.25, 0.3) is 0 Å². The Kier molecular flexibility index (Phi) is 3.12. The van der Waals surface area contributed by atoms with E-state index in [1.807, 2.05) is 13.0 Å². The van der Waals surface area contributed by atoms with Crippen LogP contribution in [0.3, 0.4) is 0 Å². The van der Waals surface area contributed by atoms with E-state index in [2.05, 4.69) is 9.97 Å². The number of nitriles is 1. The molecule has 0 atom stereocenters. The van der Waals surface area contributed by atoms with Crippen molar-refractivity contribution in [3.8, 4) is 17.5 Å². The molecule has 86 valence electrons. The molecule has 5 heteroatoms. The van der Waals surface area contributed by atoms with Crippen LogP contribution >= 0.6 is 11.6 Å². The fourth-order valence-corrected chi connectivity index (χ4v) is 1.75. The maximum atomic E-state index is 9.00. The predicted octanol–water partition coefficient (Wildman–Crippen LogP) is 3.13. The van der Waals surface area contributed by atoms with Crippen molar-refractivity contribution >= 4 is 11.6 Å². The van der Waals surface area contributed by atoms with Gasteiger partial charge in [-0.2, -0.15) is 5.26 Å². The molecular formula is C12H10ClN3O. The molecule has 0 spiro atoms. The highest BCUT2D eigenvalue weighted by Gasteiger charge is 2.14. The van der Waals surface area contributed by atoms with Gasteiger partial charge in [-0.3, -0.25) is 0 Å². The topological polar surface area (TPSA) is 62.7 Å². The fourth-order valence-electron chi connectivity index (χ4n) is 1.51. The molecule has 0 aliphatic carbocycles. The van der Waals surface area contributed by atoms with E-state index in [0.717, 1.165) is 17.7 Å². The summed E-state index contributed by atoms with van der Waals surface area (Å²) >= 11 is 5.84. The summed E-state index contributed by atoms with van der Waals surface area (Å²) in [6.07, 6.45) is 4.03. The van der Waals surface area contributed by atoms with E-state index in [9.17, 15) is 0 Å². The summed E-state index contributed by atoms with van der Waals surface area (Å²) in [5.74, 6) is 1.27. The highest BCUT2D eigenvalue weighted by atomic mass is 35.5. The van der Waals surface area contributed by atoms with Crippen molar-refractivity contribution in [1.82, 2.24) is 9.97 Å². The Balaban J connectivity index is 2.57. The molecule has 0 aliphatic heterocycles. The minimum atomic E-state index is 0.205. The Morgan fingerprint density at radius 3 is 2.76 bits per heavy atom. The molecule has 0 radical (unpaired) electrons. The molecule has 4 nitrogen and oxygen atoms in total. The third-order valence-corrected chi connectivity index (χ3v) is 2.82. The number of nitrogens with zero attached hydrogens (tertiary/aromatic N) is 3. The van der Waals surface area contributed by atoms with Crippen molar-refractivity contribution in [2.45, 2.75) is 20.3 Å². The van der Waals surface area contributed by atoms with Gasteiger partial charge in [0.05, 0.1) is 17.3 Å². The molecule has 0 aliphatic rings. The van der Waals surface area contributed by atoms with E-state index in [0.29, 0.717) is 17.0 Å². The molecule has 0 saturated heterocycles. The van der Waals surface area contributed by atoms with E-state index in [1.165, 1.54) is 0 Å². The molecule has 0 saturated carbocycles. The third kappa shape index (κ3) is 2.02. The number of pyridine rings is 1. The molecule has 2 aromatic rings. The minimum absolute atomic E-state index is 0.205. The second kappa shape index (κ2) is 4.56. The van der Waals surface area contributed by atoms with Crippen LogP contribution in [-0.2, 0) is 6.42 Å². The highest BCUT2D eigenvalue weighted by molar-refractivity contribution is 6.30. The third-order valence-electron chi connectivity index (χ3n) is 2.54. The van der Waals surface area contributed by atoms with Gasteiger partial charge >= 0.3 is 0 Å². The maximum absolute atomic E-state index is 9.00. The molecule has 17 heavy (non-hydrogen) atoms. The average molecular weight is 248 g/mol. The maximum Gasteiger partial charge on any atom is 0.228 e. The fraction of sp³-hybridized carbons (Fsp3) is 0.250. The molecule has 2 aromatic heterocycles. The first kappa shape index (κ1) is 11.6. The molecule has 0 fully saturated rings. The van der Waals surface area contributed by atoms with E-state index >= 15 is 0 Å². The van der Waals surface area contributed by atoms with Gasteiger partial charge in [0.15, 0.2) is 0 Å². The van der Waals surface area contributed by atoms with Gasteiger partial charge in [0.2, 0.25) is 5.89 Å². The van der Waals surface area contributed by atoms with Gasteiger partial charge in [-0.25, -0.2) is 9.97 Å². The number of hydrogen-bond acceptors (Lipinski definition) is 4. The predicted molar refractivity (Wildman–Crippen MR) is 63.6 cm³/mol. The largest absolute Gasteiger partial charge is 0.441 e. The van der Waals surface area contributed by atoms with Gasteiger partial charge < -0.3 is 4.42 Å². The van der Waals surface area contributed by atoms with Crippen LogP contribution in [0.4, 0.5) is 0 Å². The molecule has 0 unspecified atom stereocenters. The number of aryl methyl sites for hydroxylation is 1. The molecule has 0 amide bonds. The minimum Gasteiger partial charge on any atom is -0.441 e. The van der Waals surface area contributed by atoms with Crippen LogP contribution in [0.15, 0.2) is 16.8 Å². The first-order valence-corrected chi connectivity index (χ1v) is 5.55.